The van der Waals surface area contributed by atoms with Gasteiger partial charge in [0.05, 0.1) is 11.5 Å². The summed E-state index contributed by atoms with van der Waals surface area (Å²) in [6.07, 6.45) is 8.81. The standard InChI is InChI=1S/C20H34O10S2/c21-19(29-17-9-3-1-4-10-17)15-27-31(23,24)13-7-8-14-32(25,26)28-16-20(22)30-18-11-5-2-6-12-18/h17-18H,1-16H2. The van der Waals surface area contributed by atoms with Crippen molar-refractivity contribution in [2.45, 2.75) is 89.3 Å². The molecule has 0 saturated heterocycles. The molecule has 186 valence electrons. The summed E-state index contributed by atoms with van der Waals surface area (Å²) in [5, 5.41) is 0. The van der Waals surface area contributed by atoms with Crippen molar-refractivity contribution in [3.05, 3.63) is 0 Å². The van der Waals surface area contributed by atoms with Crippen LogP contribution in [0.25, 0.3) is 0 Å². The predicted octanol–water partition coefficient (Wildman–Crippen LogP) is 2.21. The van der Waals surface area contributed by atoms with E-state index in [4.69, 9.17) is 9.47 Å². The maximum absolute atomic E-state index is 11.9. The van der Waals surface area contributed by atoms with Gasteiger partial charge in [0.15, 0.2) is 13.2 Å². The topological polar surface area (TPSA) is 139 Å². The Kier molecular flexibility index (Phi) is 11.4. The van der Waals surface area contributed by atoms with E-state index in [0.29, 0.717) is 0 Å². The SMILES string of the molecule is O=C(COS(=O)(=O)CCCCS(=O)(=O)OCC(=O)OC1CCCCC1)OC1CCCCC1. The van der Waals surface area contributed by atoms with E-state index in [1.165, 1.54) is 0 Å². The molecule has 2 aliphatic rings. The number of carbonyl (C=O) groups excluding carboxylic acids is 2. The number of ether oxygens (including phenoxy) is 2. The average molecular weight is 499 g/mol. The molecule has 2 saturated carbocycles. The summed E-state index contributed by atoms with van der Waals surface area (Å²) in [5.74, 6) is -2.33. The van der Waals surface area contributed by atoms with Crippen molar-refractivity contribution in [2.75, 3.05) is 24.7 Å². The molecule has 2 fully saturated rings. The second-order valence-electron chi connectivity index (χ2n) is 8.25. The van der Waals surface area contributed by atoms with Crippen molar-refractivity contribution in [3.8, 4) is 0 Å². The van der Waals surface area contributed by atoms with E-state index >= 15 is 0 Å². The number of esters is 2. The summed E-state index contributed by atoms with van der Waals surface area (Å²) in [6, 6.07) is 0. The van der Waals surface area contributed by atoms with Gasteiger partial charge >= 0.3 is 11.9 Å². The van der Waals surface area contributed by atoms with E-state index in [2.05, 4.69) is 8.37 Å². The van der Waals surface area contributed by atoms with Crippen molar-refractivity contribution in [1.29, 1.82) is 0 Å². The van der Waals surface area contributed by atoms with Crippen LogP contribution in [0.4, 0.5) is 0 Å². The Balaban J connectivity index is 1.57. The van der Waals surface area contributed by atoms with E-state index in [0.717, 1.165) is 64.2 Å². The third-order valence-electron chi connectivity index (χ3n) is 5.45. The lowest BCUT2D eigenvalue weighted by molar-refractivity contribution is -0.153. The first-order valence-electron chi connectivity index (χ1n) is 11.3. The van der Waals surface area contributed by atoms with Crippen LogP contribution in [0.2, 0.25) is 0 Å². The molecule has 0 aromatic carbocycles. The Hall–Kier alpha value is -1.24. The maximum atomic E-state index is 11.9. The predicted molar refractivity (Wildman–Crippen MR) is 115 cm³/mol. The fourth-order valence-electron chi connectivity index (χ4n) is 3.76. The molecular weight excluding hydrogens is 464 g/mol. The Morgan fingerprint density at radius 1 is 0.594 bits per heavy atom. The second kappa shape index (κ2) is 13.5. The first-order valence-corrected chi connectivity index (χ1v) is 14.4. The van der Waals surface area contributed by atoms with E-state index < -0.39 is 56.9 Å². The zero-order valence-corrected chi connectivity index (χ0v) is 20.0. The van der Waals surface area contributed by atoms with Gasteiger partial charge in [0, 0.05) is 0 Å². The fraction of sp³-hybridized carbons (Fsp3) is 0.900. The Labute approximate surface area is 190 Å². The Morgan fingerprint density at radius 3 is 1.28 bits per heavy atom. The number of unbranched alkanes of at least 4 members (excludes halogenated alkanes) is 1. The molecule has 32 heavy (non-hydrogen) atoms. The molecule has 0 radical (unpaired) electrons. The van der Waals surface area contributed by atoms with Gasteiger partial charge in [-0.3, -0.25) is 8.37 Å². The van der Waals surface area contributed by atoms with E-state index in [9.17, 15) is 26.4 Å². The molecule has 2 aliphatic carbocycles. The molecule has 10 nitrogen and oxygen atoms in total. The smallest absolute Gasteiger partial charge is 0.333 e. The lowest BCUT2D eigenvalue weighted by atomic mass is 9.98. The molecule has 2 rings (SSSR count). The molecule has 0 bridgehead atoms. The van der Waals surface area contributed by atoms with Gasteiger partial charge in [0.2, 0.25) is 0 Å². The van der Waals surface area contributed by atoms with Crippen LogP contribution in [0, 0.1) is 0 Å². The monoisotopic (exact) mass is 498 g/mol. The zero-order chi connectivity index (χ0) is 23.5. The Morgan fingerprint density at radius 2 is 0.938 bits per heavy atom. The molecular formula is C20H34O10S2. The number of hydrogen-bond acceptors (Lipinski definition) is 10. The van der Waals surface area contributed by atoms with Gasteiger partial charge in [-0.05, 0) is 64.2 Å². The molecule has 0 unspecified atom stereocenters. The van der Waals surface area contributed by atoms with Crippen LogP contribution >= 0.6 is 0 Å². The molecule has 0 spiro atoms. The largest absolute Gasteiger partial charge is 0.461 e. The van der Waals surface area contributed by atoms with Gasteiger partial charge < -0.3 is 9.47 Å². The van der Waals surface area contributed by atoms with Crippen LogP contribution in [0.15, 0.2) is 0 Å². The van der Waals surface area contributed by atoms with Gasteiger partial charge in [0.25, 0.3) is 20.2 Å². The fourth-order valence-corrected chi connectivity index (χ4v) is 5.66. The molecule has 0 aromatic rings. The van der Waals surface area contributed by atoms with Crippen molar-refractivity contribution in [2.24, 2.45) is 0 Å². The molecule has 0 N–H and O–H groups in total. The average Bonchev–Trinajstić information content (AvgIpc) is 2.76. The molecule has 0 aliphatic heterocycles. The minimum Gasteiger partial charge on any atom is -0.461 e. The minimum absolute atomic E-state index is 0.00484. The minimum atomic E-state index is -3.99. The van der Waals surface area contributed by atoms with Gasteiger partial charge in [-0.2, -0.15) is 16.8 Å². The lowest BCUT2D eigenvalue weighted by Gasteiger charge is -2.21. The third-order valence-corrected chi connectivity index (χ3v) is 7.98. The molecule has 0 aromatic heterocycles. The summed E-state index contributed by atoms with van der Waals surface area (Å²) < 4.78 is 67.3. The maximum Gasteiger partial charge on any atom is 0.333 e. The first-order chi connectivity index (χ1) is 15.2. The summed E-state index contributed by atoms with van der Waals surface area (Å²) in [6.45, 7) is -1.38. The lowest BCUT2D eigenvalue weighted by Crippen LogP contribution is -2.26. The van der Waals surface area contributed by atoms with Crippen LogP contribution in [-0.4, -0.2) is 65.7 Å². The third kappa shape index (κ3) is 11.6. The van der Waals surface area contributed by atoms with Crippen molar-refractivity contribution >= 4 is 32.2 Å². The molecule has 0 amide bonds. The highest BCUT2D eigenvalue weighted by atomic mass is 32.2. The number of hydrogen-bond donors (Lipinski definition) is 0. The van der Waals surface area contributed by atoms with Gasteiger partial charge in [0.1, 0.15) is 12.2 Å². The number of carbonyl (C=O) groups is 2. The van der Waals surface area contributed by atoms with Gasteiger partial charge in [-0.15, -0.1) is 0 Å². The highest BCUT2D eigenvalue weighted by Crippen LogP contribution is 2.21. The van der Waals surface area contributed by atoms with E-state index in [-0.39, 0.29) is 25.0 Å². The van der Waals surface area contributed by atoms with Gasteiger partial charge in [-0.25, -0.2) is 9.59 Å². The van der Waals surface area contributed by atoms with Crippen LogP contribution in [0.1, 0.15) is 77.0 Å². The second-order valence-corrected chi connectivity index (χ2v) is 11.8. The van der Waals surface area contributed by atoms with E-state index in [1.807, 2.05) is 0 Å². The number of rotatable bonds is 13. The molecule has 0 atom stereocenters. The van der Waals surface area contributed by atoms with Crippen LogP contribution < -0.4 is 0 Å². The summed E-state index contributed by atoms with van der Waals surface area (Å²) in [5.41, 5.74) is 0. The van der Waals surface area contributed by atoms with Crippen LogP contribution in [0.5, 0.6) is 0 Å². The molecule has 12 heteroatoms. The van der Waals surface area contributed by atoms with Crippen LogP contribution in [0.3, 0.4) is 0 Å². The zero-order valence-electron chi connectivity index (χ0n) is 18.4. The van der Waals surface area contributed by atoms with Crippen molar-refractivity contribution in [3.63, 3.8) is 0 Å². The summed E-state index contributed by atoms with van der Waals surface area (Å²) in [7, 11) is -7.98. The first kappa shape index (κ1) is 27.0. The van der Waals surface area contributed by atoms with Crippen molar-refractivity contribution < 1.29 is 44.3 Å². The van der Waals surface area contributed by atoms with Crippen molar-refractivity contribution in [1.82, 2.24) is 0 Å². The Bertz CT molecular complexity index is 726. The quantitative estimate of drug-likeness (QED) is 0.211. The highest BCUT2D eigenvalue weighted by molar-refractivity contribution is 7.87. The highest BCUT2D eigenvalue weighted by Gasteiger charge is 2.22. The molecule has 0 heterocycles. The van der Waals surface area contributed by atoms with E-state index in [1.54, 1.807) is 0 Å². The normalized spacial score (nSPS) is 18.9. The summed E-state index contributed by atoms with van der Waals surface area (Å²) >= 11 is 0. The summed E-state index contributed by atoms with van der Waals surface area (Å²) in [4.78, 5) is 23.5. The van der Waals surface area contributed by atoms with Gasteiger partial charge in [-0.1, -0.05) is 12.8 Å². The van der Waals surface area contributed by atoms with Crippen LogP contribution in [-0.2, 0) is 47.7 Å².